The van der Waals surface area contributed by atoms with Gasteiger partial charge in [0, 0.05) is 25.3 Å². The molecular weight excluding hydrogens is 340 g/mol. The van der Waals surface area contributed by atoms with Crippen molar-refractivity contribution in [1.82, 2.24) is 9.47 Å². The Labute approximate surface area is 160 Å². The molecule has 0 bridgehead atoms. The van der Waals surface area contributed by atoms with Gasteiger partial charge in [-0.2, -0.15) is 0 Å². The molecule has 0 unspecified atom stereocenters. The van der Waals surface area contributed by atoms with E-state index >= 15 is 0 Å². The maximum absolute atomic E-state index is 12.8. The third-order valence-corrected chi connectivity index (χ3v) is 5.60. The van der Waals surface area contributed by atoms with E-state index < -0.39 is 6.10 Å². The summed E-state index contributed by atoms with van der Waals surface area (Å²) < 4.78 is 1.63. The number of benzene rings is 1. The number of carbonyl (C=O) groups excluding carboxylic acids is 1. The molecule has 1 amide bonds. The van der Waals surface area contributed by atoms with Crippen molar-refractivity contribution in [2.24, 2.45) is 5.92 Å². The van der Waals surface area contributed by atoms with Gasteiger partial charge in [-0.1, -0.05) is 30.3 Å². The second-order valence-electron chi connectivity index (χ2n) is 7.32. The Kier molecular flexibility index (Phi) is 6.11. The molecule has 1 aliphatic heterocycles. The van der Waals surface area contributed by atoms with Crippen LogP contribution in [0.1, 0.15) is 41.4 Å². The van der Waals surface area contributed by atoms with Crippen molar-refractivity contribution in [3.63, 3.8) is 0 Å². The fourth-order valence-corrected chi connectivity index (χ4v) is 3.91. The smallest absolute Gasteiger partial charge is 0.263 e. The van der Waals surface area contributed by atoms with Gasteiger partial charge in [-0.25, -0.2) is 0 Å². The molecule has 1 saturated heterocycles. The predicted octanol–water partition coefficient (Wildman–Crippen LogP) is 2.63. The van der Waals surface area contributed by atoms with E-state index in [9.17, 15) is 14.7 Å². The van der Waals surface area contributed by atoms with Gasteiger partial charge >= 0.3 is 0 Å². The number of piperidine rings is 1. The molecular formula is C22H28N2O3. The standard InChI is InChI=1S/C22H28N2O3/c1-3-24-16(2)9-10-19(22(24)27)21(26)23-13-11-18(12-14-23)20(25)15-17-7-5-4-6-8-17/h4-10,18,20,25H,3,11-15H2,1-2H3/t20-/m1/s1. The van der Waals surface area contributed by atoms with Gasteiger partial charge in [0.25, 0.3) is 11.5 Å². The van der Waals surface area contributed by atoms with Crippen molar-refractivity contribution in [1.29, 1.82) is 0 Å². The van der Waals surface area contributed by atoms with E-state index in [0.717, 1.165) is 24.1 Å². The lowest BCUT2D eigenvalue weighted by Crippen LogP contribution is -2.43. The molecule has 3 rings (SSSR count). The summed E-state index contributed by atoms with van der Waals surface area (Å²) in [6, 6.07) is 13.5. The molecule has 2 heterocycles. The average Bonchev–Trinajstić information content (AvgIpc) is 2.69. The zero-order valence-electron chi connectivity index (χ0n) is 16.1. The van der Waals surface area contributed by atoms with E-state index in [1.165, 1.54) is 0 Å². The van der Waals surface area contributed by atoms with Crippen molar-refractivity contribution in [2.75, 3.05) is 13.1 Å². The number of nitrogens with zero attached hydrogens (tertiary/aromatic N) is 2. The zero-order chi connectivity index (χ0) is 19.4. The number of carbonyl (C=O) groups is 1. The Morgan fingerprint density at radius 2 is 1.81 bits per heavy atom. The van der Waals surface area contributed by atoms with Crippen LogP contribution in [0, 0.1) is 12.8 Å². The topological polar surface area (TPSA) is 62.5 Å². The summed E-state index contributed by atoms with van der Waals surface area (Å²) in [7, 11) is 0. The number of aromatic nitrogens is 1. The van der Waals surface area contributed by atoms with Gasteiger partial charge in [0.05, 0.1) is 6.10 Å². The number of hydrogen-bond acceptors (Lipinski definition) is 3. The second-order valence-corrected chi connectivity index (χ2v) is 7.32. The highest BCUT2D eigenvalue weighted by atomic mass is 16.3. The maximum Gasteiger partial charge on any atom is 0.263 e. The number of likely N-dealkylation sites (tertiary alicyclic amines) is 1. The summed E-state index contributed by atoms with van der Waals surface area (Å²) in [6.07, 6.45) is 1.75. The molecule has 1 fully saturated rings. The lowest BCUT2D eigenvalue weighted by molar-refractivity contribution is 0.0466. The van der Waals surface area contributed by atoms with Gasteiger partial charge in [-0.05, 0) is 56.7 Å². The first-order chi connectivity index (χ1) is 13.0. The molecule has 1 N–H and O–H groups in total. The van der Waals surface area contributed by atoms with E-state index in [-0.39, 0.29) is 22.9 Å². The van der Waals surface area contributed by atoms with E-state index in [1.807, 2.05) is 50.2 Å². The summed E-state index contributed by atoms with van der Waals surface area (Å²) >= 11 is 0. The minimum atomic E-state index is -0.402. The Morgan fingerprint density at radius 3 is 2.44 bits per heavy atom. The highest BCUT2D eigenvalue weighted by molar-refractivity contribution is 5.94. The molecule has 0 spiro atoms. The summed E-state index contributed by atoms with van der Waals surface area (Å²) in [5.41, 5.74) is 2.02. The van der Waals surface area contributed by atoms with E-state index in [4.69, 9.17) is 0 Å². The van der Waals surface area contributed by atoms with Crippen LogP contribution in [0.25, 0.3) is 0 Å². The van der Waals surface area contributed by atoms with Gasteiger partial charge in [0.2, 0.25) is 0 Å². The van der Waals surface area contributed by atoms with Crippen molar-refractivity contribution in [3.8, 4) is 0 Å². The molecule has 5 nitrogen and oxygen atoms in total. The van der Waals surface area contributed by atoms with Crippen LogP contribution in [0.4, 0.5) is 0 Å². The minimum absolute atomic E-state index is 0.180. The third-order valence-electron chi connectivity index (χ3n) is 5.60. The molecule has 2 aromatic rings. The largest absolute Gasteiger partial charge is 0.392 e. The lowest BCUT2D eigenvalue weighted by atomic mass is 9.88. The Bertz CT molecular complexity index is 836. The molecule has 0 saturated carbocycles. The van der Waals surface area contributed by atoms with Crippen LogP contribution < -0.4 is 5.56 Å². The summed E-state index contributed by atoms with van der Waals surface area (Å²) in [4.78, 5) is 27.1. The Balaban J connectivity index is 1.62. The van der Waals surface area contributed by atoms with Crippen LogP contribution in [-0.2, 0) is 13.0 Å². The van der Waals surface area contributed by atoms with Crippen LogP contribution in [0.3, 0.4) is 0 Å². The fourth-order valence-electron chi connectivity index (χ4n) is 3.91. The van der Waals surface area contributed by atoms with Crippen molar-refractivity contribution in [2.45, 2.75) is 45.8 Å². The van der Waals surface area contributed by atoms with Crippen LogP contribution >= 0.6 is 0 Å². The maximum atomic E-state index is 12.8. The summed E-state index contributed by atoms with van der Waals surface area (Å²) in [5, 5.41) is 10.6. The Hall–Kier alpha value is -2.40. The van der Waals surface area contributed by atoms with Crippen molar-refractivity contribution >= 4 is 5.91 Å². The number of pyridine rings is 1. The number of aliphatic hydroxyl groups is 1. The number of hydrogen-bond donors (Lipinski definition) is 1. The molecule has 27 heavy (non-hydrogen) atoms. The monoisotopic (exact) mass is 368 g/mol. The number of aryl methyl sites for hydroxylation is 1. The normalized spacial score (nSPS) is 16.3. The number of rotatable bonds is 5. The molecule has 5 heteroatoms. The highest BCUT2D eigenvalue weighted by Crippen LogP contribution is 2.24. The van der Waals surface area contributed by atoms with Crippen molar-refractivity contribution in [3.05, 3.63) is 69.6 Å². The average molecular weight is 368 g/mol. The van der Waals surface area contributed by atoms with Crippen molar-refractivity contribution < 1.29 is 9.90 Å². The van der Waals surface area contributed by atoms with Gasteiger partial charge in [0.15, 0.2) is 0 Å². The summed E-state index contributed by atoms with van der Waals surface area (Å²) in [6.45, 7) is 5.49. The van der Waals surface area contributed by atoms with Gasteiger partial charge < -0.3 is 14.6 Å². The molecule has 1 aromatic heterocycles. The van der Waals surface area contributed by atoms with E-state index in [2.05, 4.69) is 0 Å². The first kappa shape index (κ1) is 19.4. The first-order valence-corrected chi connectivity index (χ1v) is 9.73. The van der Waals surface area contributed by atoms with Crippen LogP contribution in [-0.4, -0.2) is 39.7 Å². The van der Waals surface area contributed by atoms with Crippen LogP contribution in [0.15, 0.2) is 47.3 Å². The van der Waals surface area contributed by atoms with Crippen LogP contribution in [0.2, 0.25) is 0 Å². The van der Waals surface area contributed by atoms with E-state index in [1.54, 1.807) is 15.5 Å². The zero-order valence-corrected chi connectivity index (χ0v) is 16.1. The summed E-state index contributed by atoms with van der Waals surface area (Å²) in [5.74, 6) is -0.0160. The molecule has 0 aliphatic carbocycles. The molecule has 144 valence electrons. The lowest BCUT2D eigenvalue weighted by Gasteiger charge is -2.34. The minimum Gasteiger partial charge on any atom is -0.392 e. The van der Waals surface area contributed by atoms with Gasteiger partial charge in [-0.15, -0.1) is 0 Å². The van der Waals surface area contributed by atoms with Crippen LogP contribution in [0.5, 0.6) is 0 Å². The van der Waals surface area contributed by atoms with E-state index in [0.29, 0.717) is 26.1 Å². The van der Waals surface area contributed by atoms with Gasteiger partial charge in [-0.3, -0.25) is 9.59 Å². The number of amides is 1. The number of aliphatic hydroxyl groups excluding tert-OH is 1. The second kappa shape index (κ2) is 8.53. The fraction of sp³-hybridized carbons (Fsp3) is 0.455. The molecule has 1 aliphatic rings. The molecule has 0 radical (unpaired) electrons. The third kappa shape index (κ3) is 4.30. The first-order valence-electron chi connectivity index (χ1n) is 9.73. The van der Waals surface area contributed by atoms with Gasteiger partial charge in [0.1, 0.15) is 5.56 Å². The quantitative estimate of drug-likeness (QED) is 0.882. The Morgan fingerprint density at radius 1 is 1.15 bits per heavy atom. The predicted molar refractivity (Wildman–Crippen MR) is 106 cm³/mol. The highest BCUT2D eigenvalue weighted by Gasteiger charge is 2.29. The SMILES string of the molecule is CCn1c(C)ccc(C(=O)N2CCC([C@H](O)Cc3ccccc3)CC2)c1=O. The molecule has 1 aromatic carbocycles. The molecule has 1 atom stereocenters.